The number of amides is 1. The molecule has 4 aromatic rings. The number of hydrogen-bond donors (Lipinski definition) is 1. The molecule has 1 unspecified atom stereocenters. The van der Waals surface area contributed by atoms with E-state index in [4.69, 9.17) is 23.2 Å². The Balaban J connectivity index is 1.66. The van der Waals surface area contributed by atoms with E-state index in [9.17, 15) is 4.79 Å². The van der Waals surface area contributed by atoms with Gasteiger partial charge in [0.2, 0.25) is 0 Å². The van der Waals surface area contributed by atoms with Crippen LogP contribution in [-0.4, -0.2) is 26.0 Å². The zero-order valence-corrected chi connectivity index (χ0v) is 18.2. The largest absolute Gasteiger partial charge is 0.322 e. The van der Waals surface area contributed by atoms with E-state index in [-0.39, 0.29) is 11.9 Å². The lowest BCUT2D eigenvalue weighted by atomic mass is 9.95. The molecule has 0 spiro atoms. The third-order valence-electron chi connectivity index (χ3n) is 5.55. The van der Waals surface area contributed by atoms with Crippen LogP contribution < -0.4 is 0 Å². The first-order valence-corrected chi connectivity index (χ1v) is 10.6. The van der Waals surface area contributed by atoms with Crippen LogP contribution in [0.25, 0.3) is 11.3 Å². The van der Waals surface area contributed by atoms with Crippen LogP contribution in [-0.2, 0) is 6.54 Å². The van der Waals surface area contributed by atoms with Gasteiger partial charge in [0.25, 0.3) is 5.91 Å². The Labute approximate surface area is 189 Å². The molecule has 0 fully saturated rings. The first kappa shape index (κ1) is 19.8. The summed E-state index contributed by atoms with van der Waals surface area (Å²) < 4.78 is 0. The summed E-state index contributed by atoms with van der Waals surface area (Å²) in [7, 11) is 0. The highest BCUT2D eigenvalue weighted by molar-refractivity contribution is 6.42. The molecule has 7 heteroatoms. The van der Waals surface area contributed by atoms with Crippen molar-refractivity contribution in [1.29, 1.82) is 0 Å². The van der Waals surface area contributed by atoms with E-state index >= 15 is 0 Å². The van der Waals surface area contributed by atoms with E-state index in [0.29, 0.717) is 22.3 Å². The first-order valence-electron chi connectivity index (χ1n) is 9.83. The molecule has 5 rings (SSSR count). The van der Waals surface area contributed by atoms with Crippen molar-refractivity contribution in [3.8, 4) is 11.3 Å². The lowest BCUT2D eigenvalue weighted by Gasteiger charge is -2.26. The second-order valence-corrected chi connectivity index (χ2v) is 8.41. The average Bonchev–Trinajstić information content (AvgIpc) is 3.31. The minimum Gasteiger partial charge on any atom is -0.322 e. The number of benzene rings is 2. The number of halogens is 2. The molecule has 0 bridgehead atoms. The molecular weight excluding hydrogens is 431 g/mol. The zero-order chi connectivity index (χ0) is 21.5. The predicted octanol–water partition coefficient (Wildman–Crippen LogP) is 5.83. The van der Waals surface area contributed by atoms with Crippen molar-refractivity contribution in [2.75, 3.05) is 0 Å². The van der Waals surface area contributed by atoms with Gasteiger partial charge in [0, 0.05) is 30.1 Å². The summed E-state index contributed by atoms with van der Waals surface area (Å²) in [6.07, 6.45) is 3.45. The standard InChI is InChI=1S/C24H18Cl2N4O/c1-14-2-4-16(5-3-14)21-20-22(29-28-21)24(31)30(13-15-8-10-27-11-9-15)23(20)17-6-7-18(25)19(26)12-17/h2-12,23H,13H2,1H3,(H,28,29). The van der Waals surface area contributed by atoms with Gasteiger partial charge in [0.1, 0.15) is 5.69 Å². The van der Waals surface area contributed by atoms with Crippen LogP contribution in [0.15, 0.2) is 67.0 Å². The summed E-state index contributed by atoms with van der Waals surface area (Å²) in [5, 5.41) is 8.40. The second-order valence-electron chi connectivity index (χ2n) is 7.59. The number of aromatic nitrogens is 3. The van der Waals surface area contributed by atoms with Crippen LogP contribution in [0.3, 0.4) is 0 Å². The van der Waals surface area contributed by atoms with E-state index in [1.165, 1.54) is 0 Å². The van der Waals surface area contributed by atoms with Crippen molar-refractivity contribution in [2.24, 2.45) is 0 Å². The maximum absolute atomic E-state index is 13.4. The molecule has 0 aliphatic carbocycles. The van der Waals surface area contributed by atoms with E-state index in [2.05, 4.69) is 15.2 Å². The number of fused-ring (bicyclic) bond motifs is 1. The second kappa shape index (κ2) is 7.84. The molecule has 0 saturated heterocycles. The fourth-order valence-electron chi connectivity index (χ4n) is 4.01. The van der Waals surface area contributed by atoms with Gasteiger partial charge < -0.3 is 4.90 Å². The van der Waals surface area contributed by atoms with Crippen molar-refractivity contribution in [3.63, 3.8) is 0 Å². The van der Waals surface area contributed by atoms with Crippen LogP contribution in [0.2, 0.25) is 10.0 Å². The fraction of sp³-hybridized carbons (Fsp3) is 0.125. The topological polar surface area (TPSA) is 61.9 Å². The van der Waals surface area contributed by atoms with Gasteiger partial charge in [-0.2, -0.15) is 5.10 Å². The summed E-state index contributed by atoms with van der Waals surface area (Å²) >= 11 is 12.5. The normalized spacial score (nSPS) is 15.4. The number of pyridine rings is 1. The quantitative estimate of drug-likeness (QED) is 0.426. The van der Waals surface area contributed by atoms with Gasteiger partial charge in [0.05, 0.1) is 21.8 Å². The summed E-state index contributed by atoms with van der Waals surface area (Å²) in [6, 6.07) is 17.1. The Hall–Kier alpha value is -3.15. The van der Waals surface area contributed by atoms with E-state index in [0.717, 1.165) is 33.5 Å². The molecule has 1 aliphatic heterocycles. The van der Waals surface area contributed by atoms with E-state index < -0.39 is 0 Å². The number of carbonyl (C=O) groups is 1. The van der Waals surface area contributed by atoms with Crippen LogP contribution in [0.5, 0.6) is 0 Å². The van der Waals surface area contributed by atoms with Crippen molar-refractivity contribution in [2.45, 2.75) is 19.5 Å². The van der Waals surface area contributed by atoms with Crippen molar-refractivity contribution < 1.29 is 4.79 Å². The Bertz CT molecular complexity index is 1270. The highest BCUT2D eigenvalue weighted by Gasteiger charge is 2.42. The van der Waals surface area contributed by atoms with Crippen molar-refractivity contribution >= 4 is 29.1 Å². The molecule has 1 N–H and O–H groups in total. The highest BCUT2D eigenvalue weighted by Crippen LogP contribution is 2.44. The Morgan fingerprint density at radius 3 is 2.45 bits per heavy atom. The highest BCUT2D eigenvalue weighted by atomic mass is 35.5. The number of carbonyl (C=O) groups excluding carboxylic acids is 1. The number of hydrogen-bond acceptors (Lipinski definition) is 3. The molecule has 2 aromatic heterocycles. The van der Waals surface area contributed by atoms with Crippen molar-refractivity contribution in [1.82, 2.24) is 20.1 Å². The van der Waals surface area contributed by atoms with Gasteiger partial charge in [-0.1, -0.05) is 59.1 Å². The maximum Gasteiger partial charge on any atom is 0.273 e. The van der Waals surface area contributed by atoms with Crippen LogP contribution in [0.4, 0.5) is 0 Å². The first-order chi connectivity index (χ1) is 15.0. The predicted molar refractivity (Wildman–Crippen MR) is 121 cm³/mol. The number of aromatic amines is 1. The van der Waals surface area contributed by atoms with Crippen LogP contribution in [0, 0.1) is 6.92 Å². The lowest BCUT2D eigenvalue weighted by molar-refractivity contribution is 0.0730. The Kier molecular flexibility index (Phi) is 5.00. The third kappa shape index (κ3) is 3.50. The number of rotatable bonds is 4. The fourth-order valence-corrected chi connectivity index (χ4v) is 4.31. The van der Waals surface area contributed by atoms with Crippen LogP contribution >= 0.6 is 23.2 Å². The third-order valence-corrected chi connectivity index (χ3v) is 6.29. The van der Waals surface area contributed by atoms with Gasteiger partial charge >= 0.3 is 0 Å². The Morgan fingerprint density at radius 1 is 1.00 bits per heavy atom. The molecule has 0 radical (unpaired) electrons. The summed E-state index contributed by atoms with van der Waals surface area (Å²) in [5.41, 5.74) is 6.09. The SMILES string of the molecule is Cc1ccc(-c2n[nH]c3c2C(c2ccc(Cl)c(Cl)c2)N(Cc2ccncc2)C3=O)cc1. The number of aryl methyl sites for hydroxylation is 1. The molecule has 5 nitrogen and oxygen atoms in total. The van der Waals surface area contributed by atoms with Gasteiger partial charge in [-0.05, 0) is 42.3 Å². The molecule has 154 valence electrons. The molecule has 1 aliphatic rings. The molecule has 31 heavy (non-hydrogen) atoms. The van der Waals surface area contributed by atoms with Crippen molar-refractivity contribution in [3.05, 3.63) is 105 Å². The molecule has 0 saturated carbocycles. The van der Waals surface area contributed by atoms with Gasteiger partial charge in [-0.15, -0.1) is 0 Å². The van der Waals surface area contributed by atoms with E-state index in [1.807, 2.05) is 60.4 Å². The maximum atomic E-state index is 13.4. The summed E-state index contributed by atoms with van der Waals surface area (Å²) in [5.74, 6) is -0.103. The molecule has 2 aromatic carbocycles. The number of nitrogens with one attached hydrogen (secondary N) is 1. The van der Waals surface area contributed by atoms with Gasteiger partial charge in [-0.3, -0.25) is 14.9 Å². The monoisotopic (exact) mass is 448 g/mol. The van der Waals surface area contributed by atoms with E-state index in [1.54, 1.807) is 18.5 Å². The van der Waals surface area contributed by atoms with Crippen LogP contribution in [0.1, 0.15) is 38.8 Å². The molecule has 1 atom stereocenters. The van der Waals surface area contributed by atoms with Gasteiger partial charge in [-0.25, -0.2) is 0 Å². The van der Waals surface area contributed by atoms with Gasteiger partial charge in [0.15, 0.2) is 0 Å². The number of nitrogens with zero attached hydrogens (tertiary/aromatic N) is 3. The minimum atomic E-state index is -0.347. The molecule has 3 heterocycles. The smallest absolute Gasteiger partial charge is 0.273 e. The number of H-pyrrole nitrogens is 1. The molecule has 1 amide bonds. The zero-order valence-electron chi connectivity index (χ0n) is 16.6. The average molecular weight is 449 g/mol. The minimum absolute atomic E-state index is 0.103. The Morgan fingerprint density at radius 2 is 1.74 bits per heavy atom. The molecular formula is C24H18Cl2N4O. The lowest BCUT2D eigenvalue weighted by Crippen LogP contribution is -2.29. The summed E-state index contributed by atoms with van der Waals surface area (Å²) in [4.78, 5) is 19.3. The summed E-state index contributed by atoms with van der Waals surface area (Å²) in [6.45, 7) is 2.47.